The summed E-state index contributed by atoms with van der Waals surface area (Å²) in [5, 5.41) is 0. The Morgan fingerprint density at radius 3 is 2.37 bits per heavy atom. The van der Waals surface area contributed by atoms with Crippen LogP contribution in [0, 0.1) is 0 Å². The number of hydrogen-bond donors (Lipinski definition) is 0. The van der Waals surface area contributed by atoms with Crippen molar-refractivity contribution >= 4 is 11.8 Å². The normalized spacial score (nSPS) is 28.6. The fourth-order valence-corrected chi connectivity index (χ4v) is 3.35. The molecule has 0 saturated carbocycles. The van der Waals surface area contributed by atoms with Crippen molar-refractivity contribution in [3.8, 4) is 11.5 Å². The van der Waals surface area contributed by atoms with Crippen LogP contribution in [0.25, 0.3) is 0 Å². The standard InChI is InChI=1S/C20H18O7/c1-19(18(22)25-13-10-8-12(23-2)9-11-13)17-16(21)14-6-4-5-7-15(14)20(24-3,26-17)27-19/h4-11,17H,1-3H3/t17-,19+,20+/m1/s1. The van der Waals surface area contributed by atoms with Crippen LogP contribution >= 0.6 is 0 Å². The number of carbonyl (C=O) groups excluding carboxylic acids is 2. The molecule has 2 bridgehead atoms. The zero-order chi connectivity index (χ0) is 19.2. The Bertz CT molecular complexity index is 907. The van der Waals surface area contributed by atoms with Gasteiger partial charge < -0.3 is 23.7 Å². The number of fused-ring (bicyclic) bond motifs is 4. The van der Waals surface area contributed by atoms with Crippen LogP contribution in [0.2, 0.25) is 0 Å². The number of carbonyl (C=O) groups is 2. The first kappa shape index (κ1) is 17.7. The minimum atomic E-state index is -1.67. The molecule has 2 aromatic carbocycles. The molecule has 2 aromatic rings. The first-order valence-corrected chi connectivity index (χ1v) is 8.37. The molecule has 0 amide bonds. The van der Waals surface area contributed by atoms with Crippen molar-refractivity contribution in [3.63, 3.8) is 0 Å². The lowest BCUT2D eigenvalue weighted by atomic mass is 9.89. The van der Waals surface area contributed by atoms with E-state index >= 15 is 0 Å². The number of rotatable bonds is 4. The highest BCUT2D eigenvalue weighted by atomic mass is 16.9. The minimum absolute atomic E-state index is 0.295. The summed E-state index contributed by atoms with van der Waals surface area (Å²) < 4.78 is 27.7. The van der Waals surface area contributed by atoms with Gasteiger partial charge in [-0.2, -0.15) is 0 Å². The fourth-order valence-electron chi connectivity index (χ4n) is 3.35. The molecule has 0 radical (unpaired) electrons. The van der Waals surface area contributed by atoms with Crippen LogP contribution < -0.4 is 9.47 Å². The van der Waals surface area contributed by atoms with Gasteiger partial charge in [0.15, 0.2) is 11.9 Å². The Morgan fingerprint density at radius 1 is 1.04 bits per heavy atom. The summed E-state index contributed by atoms with van der Waals surface area (Å²) >= 11 is 0. The molecule has 3 atom stereocenters. The second kappa shape index (κ2) is 6.16. The van der Waals surface area contributed by atoms with E-state index in [-0.39, 0.29) is 5.78 Å². The predicted molar refractivity (Wildman–Crippen MR) is 92.5 cm³/mol. The molecule has 2 aliphatic rings. The third-order valence-corrected chi connectivity index (χ3v) is 4.82. The molecular weight excluding hydrogens is 352 g/mol. The lowest BCUT2D eigenvalue weighted by Crippen LogP contribution is -2.50. The van der Waals surface area contributed by atoms with E-state index in [1.54, 1.807) is 55.6 Å². The monoisotopic (exact) mass is 370 g/mol. The second-order valence-electron chi connectivity index (χ2n) is 6.44. The SMILES string of the molecule is COc1ccc(OC(=O)[C@@]2(C)O[C@@]3(OC)O[C@@H]2C(=O)c2ccccc23)cc1. The Kier molecular flexibility index (Phi) is 4.03. The quantitative estimate of drug-likeness (QED) is 0.604. The zero-order valence-corrected chi connectivity index (χ0v) is 15.1. The van der Waals surface area contributed by atoms with Crippen molar-refractivity contribution in [1.29, 1.82) is 0 Å². The Morgan fingerprint density at radius 2 is 1.70 bits per heavy atom. The Labute approximate surface area is 155 Å². The number of benzene rings is 2. The van der Waals surface area contributed by atoms with Crippen LogP contribution in [0.4, 0.5) is 0 Å². The van der Waals surface area contributed by atoms with Gasteiger partial charge in [-0.3, -0.25) is 4.79 Å². The average molecular weight is 370 g/mol. The Hall–Kier alpha value is -2.74. The minimum Gasteiger partial charge on any atom is -0.497 e. The average Bonchev–Trinajstić information content (AvgIpc) is 2.99. The molecule has 0 N–H and O–H groups in total. The number of hydrogen-bond acceptors (Lipinski definition) is 7. The van der Waals surface area contributed by atoms with E-state index < -0.39 is 23.6 Å². The van der Waals surface area contributed by atoms with Crippen molar-refractivity contribution in [2.75, 3.05) is 14.2 Å². The third kappa shape index (κ3) is 2.55. The highest BCUT2D eigenvalue weighted by Crippen LogP contribution is 2.50. The molecular formula is C20H18O7. The van der Waals surface area contributed by atoms with Crippen molar-refractivity contribution in [2.24, 2.45) is 0 Å². The van der Waals surface area contributed by atoms with Gasteiger partial charge in [-0.15, -0.1) is 0 Å². The molecule has 0 aliphatic carbocycles. The molecule has 2 heterocycles. The van der Waals surface area contributed by atoms with Gasteiger partial charge >= 0.3 is 11.9 Å². The molecule has 1 fully saturated rings. The van der Waals surface area contributed by atoms with Crippen LogP contribution in [0.5, 0.6) is 11.5 Å². The number of Topliss-reactive ketones (excluding diaryl/α,β-unsaturated/α-hetero) is 1. The molecule has 4 rings (SSSR count). The van der Waals surface area contributed by atoms with Crippen molar-refractivity contribution in [3.05, 3.63) is 59.7 Å². The molecule has 0 aromatic heterocycles. The van der Waals surface area contributed by atoms with E-state index in [2.05, 4.69) is 0 Å². The summed E-state index contributed by atoms with van der Waals surface area (Å²) in [6, 6.07) is 13.3. The fraction of sp³-hybridized carbons (Fsp3) is 0.300. The van der Waals surface area contributed by atoms with E-state index in [9.17, 15) is 9.59 Å². The van der Waals surface area contributed by atoms with E-state index in [0.717, 1.165) is 0 Å². The Balaban J connectivity index is 1.67. The van der Waals surface area contributed by atoms with Crippen molar-refractivity contribution in [1.82, 2.24) is 0 Å². The van der Waals surface area contributed by atoms with E-state index in [1.807, 2.05) is 0 Å². The number of esters is 1. The van der Waals surface area contributed by atoms with Gasteiger partial charge in [0.2, 0.25) is 5.60 Å². The highest BCUT2D eigenvalue weighted by Gasteiger charge is 2.67. The topological polar surface area (TPSA) is 80.3 Å². The zero-order valence-electron chi connectivity index (χ0n) is 15.1. The van der Waals surface area contributed by atoms with Gasteiger partial charge in [0.25, 0.3) is 0 Å². The summed E-state index contributed by atoms with van der Waals surface area (Å²) in [4.78, 5) is 25.8. The van der Waals surface area contributed by atoms with Gasteiger partial charge in [0, 0.05) is 12.7 Å². The summed E-state index contributed by atoms with van der Waals surface area (Å²) in [6.45, 7) is 1.47. The van der Waals surface area contributed by atoms with Gasteiger partial charge in [-0.05, 0) is 31.2 Å². The van der Waals surface area contributed by atoms with Gasteiger partial charge in [-0.25, -0.2) is 4.79 Å². The predicted octanol–water partition coefficient (Wildman–Crippen LogP) is 2.43. The second-order valence-corrected chi connectivity index (χ2v) is 6.44. The van der Waals surface area contributed by atoms with Crippen LogP contribution in [-0.2, 0) is 25.0 Å². The number of methoxy groups -OCH3 is 2. The first-order valence-electron chi connectivity index (χ1n) is 8.37. The molecule has 7 heteroatoms. The molecule has 27 heavy (non-hydrogen) atoms. The smallest absolute Gasteiger partial charge is 0.347 e. The van der Waals surface area contributed by atoms with E-state index in [0.29, 0.717) is 22.6 Å². The van der Waals surface area contributed by atoms with E-state index in [4.69, 9.17) is 23.7 Å². The van der Waals surface area contributed by atoms with E-state index in [1.165, 1.54) is 14.0 Å². The molecule has 7 nitrogen and oxygen atoms in total. The maximum Gasteiger partial charge on any atom is 0.347 e. The summed E-state index contributed by atoms with van der Waals surface area (Å²) in [6.07, 6.45) is -1.18. The summed E-state index contributed by atoms with van der Waals surface area (Å²) in [5.41, 5.74) is -0.849. The summed E-state index contributed by atoms with van der Waals surface area (Å²) in [5.74, 6) is -1.82. The lowest BCUT2D eigenvalue weighted by molar-refractivity contribution is -0.348. The largest absolute Gasteiger partial charge is 0.497 e. The first-order chi connectivity index (χ1) is 12.9. The molecule has 1 saturated heterocycles. The third-order valence-electron chi connectivity index (χ3n) is 4.82. The van der Waals surface area contributed by atoms with Gasteiger partial charge in [0.05, 0.1) is 12.7 Å². The maximum absolute atomic E-state index is 12.9. The van der Waals surface area contributed by atoms with Gasteiger partial charge in [0.1, 0.15) is 11.5 Å². The maximum atomic E-state index is 12.9. The number of ketones is 1. The number of ether oxygens (including phenoxy) is 5. The van der Waals surface area contributed by atoms with Crippen molar-refractivity contribution in [2.45, 2.75) is 24.6 Å². The van der Waals surface area contributed by atoms with Crippen LogP contribution in [-0.4, -0.2) is 37.7 Å². The highest BCUT2D eigenvalue weighted by molar-refractivity contribution is 6.06. The summed E-state index contributed by atoms with van der Waals surface area (Å²) in [7, 11) is 2.93. The molecule has 0 spiro atoms. The van der Waals surface area contributed by atoms with Gasteiger partial charge in [-0.1, -0.05) is 24.3 Å². The van der Waals surface area contributed by atoms with Crippen LogP contribution in [0.1, 0.15) is 22.8 Å². The molecule has 140 valence electrons. The molecule has 2 aliphatic heterocycles. The van der Waals surface area contributed by atoms with Crippen molar-refractivity contribution < 1.29 is 33.3 Å². The van der Waals surface area contributed by atoms with Crippen LogP contribution in [0.3, 0.4) is 0 Å². The molecule has 0 unspecified atom stereocenters. The lowest BCUT2D eigenvalue weighted by Gasteiger charge is -2.30. The van der Waals surface area contributed by atoms with Crippen LogP contribution in [0.15, 0.2) is 48.5 Å².